The molecule has 1 aliphatic rings. The number of piperidine rings is 1. The molecule has 20 heavy (non-hydrogen) atoms. The second-order valence-corrected chi connectivity index (χ2v) is 7.44. The Bertz CT molecular complexity index is 571. The van der Waals surface area contributed by atoms with Crippen LogP contribution < -0.4 is 4.72 Å². The van der Waals surface area contributed by atoms with Gasteiger partial charge in [0.05, 0.1) is 6.26 Å². The van der Waals surface area contributed by atoms with E-state index in [0.29, 0.717) is 25.9 Å². The standard InChI is InChI=1S/C13H18N2O3S2/c1-20(17,18)14-12-4-7-15(8-5-12)13(16)3-2-11-6-9-19-10-11/h2-3,6,9-10,12,14H,4-5,7-8H2,1H3/b3-2+. The summed E-state index contributed by atoms with van der Waals surface area (Å²) in [5, 5.41) is 3.94. The summed E-state index contributed by atoms with van der Waals surface area (Å²) in [5.41, 5.74) is 1.02. The van der Waals surface area contributed by atoms with Crippen LogP contribution in [0.2, 0.25) is 0 Å². The molecule has 5 nitrogen and oxygen atoms in total. The predicted octanol–water partition coefficient (Wildman–Crippen LogP) is 1.30. The highest BCUT2D eigenvalue weighted by atomic mass is 32.2. The van der Waals surface area contributed by atoms with Crippen LogP contribution in [0.3, 0.4) is 0 Å². The Labute approximate surface area is 123 Å². The summed E-state index contributed by atoms with van der Waals surface area (Å²) in [6.07, 6.45) is 5.86. The molecular formula is C13H18N2O3S2. The van der Waals surface area contributed by atoms with Crippen LogP contribution in [0.4, 0.5) is 0 Å². The largest absolute Gasteiger partial charge is 0.339 e. The molecule has 0 unspecified atom stereocenters. The first kappa shape index (κ1) is 15.2. The average Bonchev–Trinajstić information content (AvgIpc) is 2.88. The van der Waals surface area contributed by atoms with E-state index in [1.807, 2.05) is 16.8 Å². The van der Waals surface area contributed by atoms with Gasteiger partial charge >= 0.3 is 0 Å². The Hall–Kier alpha value is -1.18. The van der Waals surface area contributed by atoms with Crippen molar-refractivity contribution >= 4 is 33.3 Å². The predicted molar refractivity (Wildman–Crippen MR) is 80.9 cm³/mol. The molecule has 0 radical (unpaired) electrons. The van der Waals surface area contributed by atoms with Crippen LogP contribution in [-0.2, 0) is 14.8 Å². The zero-order valence-electron chi connectivity index (χ0n) is 11.3. The van der Waals surface area contributed by atoms with Crippen molar-refractivity contribution in [3.8, 4) is 0 Å². The second kappa shape index (κ2) is 6.51. The summed E-state index contributed by atoms with van der Waals surface area (Å²) < 4.78 is 24.9. The van der Waals surface area contributed by atoms with Crippen molar-refractivity contribution in [3.63, 3.8) is 0 Å². The van der Waals surface area contributed by atoms with Crippen molar-refractivity contribution in [1.29, 1.82) is 0 Å². The quantitative estimate of drug-likeness (QED) is 0.852. The molecule has 0 saturated carbocycles. The number of amides is 1. The molecular weight excluding hydrogens is 296 g/mol. The average molecular weight is 314 g/mol. The molecule has 1 fully saturated rings. The van der Waals surface area contributed by atoms with Gasteiger partial charge in [0.25, 0.3) is 0 Å². The van der Waals surface area contributed by atoms with E-state index >= 15 is 0 Å². The third kappa shape index (κ3) is 4.73. The molecule has 1 aromatic heterocycles. The van der Waals surface area contributed by atoms with Crippen LogP contribution in [0.5, 0.6) is 0 Å². The number of carbonyl (C=O) groups is 1. The van der Waals surface area contributed by atoms with E-state index < -0.39 is 10.0 Å². The van der Waals surface area contributed by atoms with E-state index in [-0.39, 0.29) is 11.9 Å². The molecule has 0 spiro atoms. The summed E-state index contributed by atoms with van der Waals surface area (Å²) in [7, 11) is -3.17. The van der Waals surface area contributed by atoms with Gasteiger partial charge in [-0.1, -0.05) is 0 Å². The van der Waals surface area contributed by atoms with E-state index in [1.54, 1.807) is 28.4 Å². The summed E-state index contributed by atoms with van der Waals surface area (Å²) in [6.45, 7) is 1.17. The molecule has 1 aromatic rings. The normalized spacial score (nSPS) is 17.8. The molecule has 110 valence electrons. The highest BCUT2D eigenvalue weighted by Gasteiger charge is 2.23. The van der Waals surface area contributed by atoms with Gasteiger partial charge in [-0.05, 0) is 41.3 Å². The minimum atomic E-state index is -3.17. The maximum Gasteiger partial charge on any atom is 0.246 e. The van der Waals surface area contributed by atoms with Crippen molar-refractivity contribution < 1.29 is 13.2 Å². The number of nitrogens with zero attached hydrogens (tertiary/aromatic N) is 1. The van der Waals surface area contributed by atoms with Gasteiger partial charge in [0.1, 0.15) is 0 Å². The molecule has 0 atom stereocenters. The van der Waals surface area contributed by atoms with Gasteiger partial charge in [-0.2, -0.15) is 11.3 Å². The van der Waals surface area contributed by atoms with Crippen LogP contribution in [0.25, 0.3) is 6.08 Å². The lowest BCUT2D eigenvalue weighted by Crippen LogP contribution is -2.45. The van der Waals surface area contributed by atoms with Gasteiger partial charge < -0.3 is 4.90 Å². The molecule has 1 amide bonds. The van der Waals surface area contributed by atoms with Gasteiger partial charge in [0.15, 0.2) is 0 Å². The smallest absolute Gasteiger partial charge is 0.246 e. The van der Waals surface area contributed by atoms with Gasteiger partial charge in [-0.25, -0.2) is 13.1 Å². The fraction of sp³-hybridized carbons (Fsp3) is 0.462. The first-order chi connectivity index (χ1) is 9.44. The van der Waals surface area contributed by atoms with Crippen LogP contribution >= 0.6 is 11.3 Å². The van der Waals surface area contributed by atoms with Crippen molar-refractivity contribution in [2.45, 2.75) is 18.9 Å². The first-order valence-electron chi connectivity index (χ1n) is 6.40. The summed E-state index contributed by atoms with van der Waals surface area (Å²) in [6, 6.07) is 1.89. The number of nitrogens with one attached hydrogen (secondary N) is 1. The van der Waals surface area contributed by atoms with Gasteiger partial charge in [-0.15, -0.1) is 0 Å². The summed E-state index contributed by atoms with van der Waals surface area (Å²) in [5.74, 6) is -0.0194. The number of likely N-dealkylation sites (tertiary alicyclic amines) is 1. The van der Waals surface area contributed by atoms with E-state index in [4.69, 9.17) is 0 Å². The molecule has 7 heteroatoms. The number of hydrogen-bond donors (Lipinski definition) is 1. The van der Waals surface area contributed by atoms with Gasteiger partial charge in [0, 0.05) is 25.2 Å². The van der Waals surface area contributed by atoms with Crippen molar-refractivity contribution in [2.24, 2.45) is 0 Å². The molecule has 2 heterocycles. The monoisotopic (exact) mass is 314 g/mol. The van der Waals surface area contributed by atoms with E-state index in [0.717, 1.165) is 11.8 Å². The van der Waals surface area contributed by atoms with Crippen LogP contribution in [0, 0.1) is 0 Å². The van der Waals surface area contributed by atoms with Crippen molar-refractivity contribution in [1.82, 2.24) is 9.62 Å². The zero-order valence-corrected chi connectivity index (χ0v) is 12.9. The van der Waals surface area contributed by atoms with Crippen LogP contribution in [0.1, 0.15) is 18.4 Å². The molecule has 1 saturated heterocycles. The van der Waals surface area contributed by atoms with Crippen molar-refractivity contribution in [2.75, 3.05) is 19.3 Å². The fourth-order valence-corrected chi connectivity index (χ4v) is 3.63. The highest BCUT2D eigenvalue weighted by molar-refractivity contribution is 7.88. The molecule has 1 N–H and O–H groups in total. The minimum Gasteiger partial charge on any atom is -0.339 e. The zero-order chi connectivity index (χ0) is 14.6. The Morgan fingerprint density at radius 3 is 2.70 bits per heavy atom. The minimum absolute atomic E-state index is 0.0194. The molecule has 1 aliphatic heterocycles. The number of thiophene rings is 1. The number of hydrogen-bond acceptors (Lipinski definition) is 4. The van der Waals surface area contributed by atoms with Gasteiger partial charge in [-0.3, -0.25) is 4.79 Å². The van der Waals surface area contributed by atoms with Gasteiger partial charge in [0.2, 0.25) is 15.9 Å². The fourth-order valence-electron chi connectivity index (χ4n) is 2.16. The molecule has 2 rings (SSSR count). The number of rotatable bonds is 4. The van der Waals surface area contributed by atoms with E-state index in [2.05, 4.69) is 4.72 Å². The third-order valence-corrected chi connectivity index (χ3v) is 4.61. The van der Waals surface area contributed by atoms with Crippen molar-refractivity contribution in [3.05, 3.63) is 28.5 Å². The maximum absolute atomic E-state index is 12.0. The Morgan fingerprint density at radius 1 is 1.45 bits per heavy atom. The second-order valence-electron chi connectivity index (χ2n) is 4.88. The van der Waals surface area contributed by atoms with Crippen LogP contribution in [-0.4, -0.2) is 44.6 Å². The lowest BCUT2D eigenvalue weighted by atomic mass is 10.1. The SMILES string of the molecule is CS(=O)(=O)NC1CCN(C(=O)/C=C/c2ccsc2)CC1. The molecule has 0 bridgehead atoms. The third-order valence-electron chi connectivity index (χ3n) is 3.15. The lowest BCUT2D eigenvalue weighted by molar-refractivity contribution is -0.126. The number of carbonyl (C=O) groups excluding carboxylic acids is 1. The molecule has 0 aromatic carbocycles. The van der Waals surface area contributed by atoms with E-state index in [9.17, 15) is 13.2 Å². The lowest BCUT2D eigenvalue weighted by Gasteiger charge is -2.31. The van der Waals surface area contributed by atoms with E-state index in [1.165, 1.54) is 0 Å². The number of sulfonamides is 1. The molecule has 0 aliphatic carbocycles. The summed E-state index contributed by atoms with van der Waals surface area (Å²) >= 11 is 1.59. The Balaban J connectivity index is 1.83. The van der Waals surface area contributed by atoms with Crippen LogP contribution in [0.15, 0.2) is 22.9 Å². The first-order valence-corrected chi connectivity index (χ1v) is 9.24. The summed E-state index contributed by atoms with van der Waals surface area (Å²) in [4.78, 5) is 13.7. The topological polar surface area (TPSA) is 66.5 Å². The Morgan fingerprint density at radius 2 is 2.15 bits per heavy atom. The Kier molecular flexibility index (Phi) is 4.95. The maximum atomic E-state index is 12.0. The highest BCUT2D eigenvalue weighted by Crippen LogP contribution is 2.13.